The third kappa shape index (κ3) is 2.07. The molecular formula is C19H27N. The zero-order valence-electron chi connectivity index (χ0n) is 12.7. The van der Waals surface area contributed by atoms with E-state index in [0.29, 0.717) is 12.1 Å². The monoisotopic (exact) mass is 269 g/mol. The third-order valence-electron chi connectivity index (χ3n) is 5.46. The molecule has 1 aliphatic heterocycles. The molecule has 0 bridgehead atoms. The number of fused-ring (bicyclic) bond motifs is 1. The molecule has 0 amide bonds. The lowest BCUT2D eigenvalue weighted by Crippen LogP contribution is -2.55. The fraction of sp³-hybridized carbons (Fsp3) is 0.579. The molecule has 0 spiro atoms. The Hall–Kier alpha value is -1.26. The second-order valence-corrected chi connectivity index (χ2v) is 6.70. The molecule has 1 aliphatic carbocycles. The van der Waals surface area contributed by atoms with Crippen molar-refractivity contribution in [1.29, 1.82) is 0 Å². The normalized spacial score (nSPS) is 34.2. The number of nitrogens with one attached hydrogen (secondary N) is 1. The summed E-state index contributed by atoms with van der Waals surface area (Å²) in [5, 5.41) is 3.84. The molecule has 108 valence electrons. The van der Waals surface area contributed by atoms with E-state index in [4.69, 9.17) is 6.42 Å². The Balaban J connectivity index is 0.00000161. The van der Waals surface area contributed by atoms with Crippen LogP contribution in [0.4, 0.5) is 0 Å². The van der Waals surface area contributed by atoms with Gasteiger partial charge in [0, 0.05) is 13.5 Å². The van der Waals surface area contributed by atoms with E-state index < -0.39 is 0 Å². The summed E-state index contributed by atoms with van der Waals surface area (Å²) in [7, 11) is 0. The fourth-order valence-corrected chi connectivity index (χ4v) is 4.28. The van der Waals surface area contributed by atoms with E-state index in [-0.39, 0.29) is 6.84 Å². The maximum absolute atomic E-state index is 6.00. The zero-order valence-corrected chi connectivity index (χ0v) is 12.7. The van der Waals surface area contributed by atoms with E-state index >= 15 is 0 Å². The van der Waals surface area contributed by atoms with Gasteiger partial charge in [-0.3, -0.25) is 0 Å². The second-order valence-electron chi connectivity index (χ2n) is 6.70. The summed E-state index contributed by atoms with van der Waals surface area (Å²) in [6, 6.07) is 9.53. The van der Waals surface area contributed by atoms with Gasteiger partial charge in [0.15, 0.2) is 0 Å². The summed E-state index contributed by atoms with van der Waals surface area (Å²) < 4.78 is 0. The quantitative estimate of drug-likeness (QED) is 0.743. The van der Waals surface area contributed by atoms with Crippen LogP contribution in [0.3, 0.4) is 0 Å². The summed E-state index contributed by atoms with van der Waals surface area (Å²) in [5.74, 6) is 3.86. The smallest absolute Gasteiger partial charge is 0.0690 e. The van der Waals surface area contributed by atoms with Crippen LogP contribution in [0.1, 0.15) is 64.5 Å². The Morgan fingerprint density at radius 3 is 2.65 bits per heavy atom. The van der Waals surface area contributed by atoms with Crippen molar-refractivity contribution in [2.24, 2.45) is 5.92 Å². The average molecular weight is 269 g/mol. The van der Waals surface area contributed by atoms with Crippen molar-refractivity contribution in [3.63, 3.8) is 0 Å². The van der Waals surface area contributed by atoms with Crippen molar-refractivity contribution in [3.05, 3.63) is 35.4 Å². The van der Waals surface area contributed by atoms with Gasteiger partial charge in [-0.1, -0.05) is 49.4 Å². The molecule has 3 rings (SSSR count). The summed E-state index contributed by atoms with van der Waals surface area (Å²) in [5.41, 5.74) is 2.56. The third-order valence-corrected chi connectivity index (χ3v) is 5.46. The second kappa shape index (κ2) is 5.26. The van der Waals surface area contributed by atoms with Crippen LogP contribution in [0, 0.1) is 18.3 Å². The molecule has 0 aromatic heterocycles. The maximum atomic E-state index is 6.00. The molecular weight excluding hydrogens is 242 g/mol. The largest absolute Gasteiger partial charge is 0.305 e. The molecule has 0 saturated heterocycles. The highest BCUT2D eigenvalue weighted by Crippen LogP contribution is 2.43. The SMILES string of the molecule is C#CC1(C)c2ccccc2[C@@H](C)N[C@@H]1C1CCCCC1.[HH]. The first-order valence-corrected chi connectivity index (χ1v) is 8.00. The Morgan fingerprint density at radius 1 is 1.25 bits per heavy atom. The van der Waals surface area contributed by atoms with E-state index in [1.54, 1.807) is 0 Å². The summed E-state index contributed by atoms with van der Waals surface area (Å²) in [6.07, 6.45) is 12.8. The molecule has 1 saturated carbocycles. The van der Waals surface area contributed by atoms with Crippen molar-refractivity contribution >= 4 is 0 Å². The van der Waals surface area contributed by atoms with E-state index in [2.05, 4.69) is 49.4 Å². The molecule has 0 radical (unpaired) electrons. The number of hydrogen-bond donors (Lipinski definition) is 1. The zero-order chi connectivity index (χ0) is 14.2. The van der Waals surface area contributed by atoms with Gasteiger partial charge in [0.1, 0.15) is 0 Å². The van der Waals surface area contributed by atoms with E-state index in [0.717, 1.165) is 5.92 Å². The van der Waals surface area contributed by atoms with Crippen molar-refractivity contribution in [2.45, 2.75) is 63.5 Å². The Kier molecular flexibility index (Phi) is 3.61. The van der Waals surface area contributed by atoms with Crippen LogP contribution in [0.15, 0.2) is 24.3 Å². The van der Waals surface area contributed by atoms with Crippen LogP contribution >= 0.6 is 0 Å². The molecule has 1 heterocycles. The lowest BCUT2D eigenvalue weighted by Gasteiger charge is -2.47. The summed E-state index contributed by atoms with van der Waals surface area (Å²) in [6.45, 7) is 4.52. The van der Waals surface area contributed by atoms with E-state index in [1.807, 2.05) is 0 Å². The van der Waals surface area contributed by atoms with Gasteiger partial charge in [0.05, 0.1) is 5.41 Å². The predicted octanol–water partition coefficient (Wildman–Crippen LogP) is 4.44. The van der Waals surface area contributed by atoms with Gasteiger partial charge in [0.25, 0.3) is 0 Å². The van der Waals surface area contributed by atoms with Crippen molar-refractivity contribution < 1.29 is 1.43 Å². The molecule has 1 heteroatoms. The molecule has 20 heavy (non-hydrogen) atoms. The first-order valence-electron chi connectivity index (χ1n) is 8.00. The minimum atomic E-state index is -0.175. The molecule has 1 aromatic rings. The number of terminal acetylenes is 1. The average Bonchev–Trinajstić information content (AvgIpc) is 2.52. The van der Waals surface area contributed by atoms with Gasteiger partial charge >= 0.3 is 0 Å². The molecule has 1 unspecified atom stereocenters. The number of rotatable bonds is 1. The van der Waals surface area contributed by atoms with Crippen LogP contribution in [0.2, 0.25) is 0 Å². The van der Waals surface area contributed by atoms with Crippen molar-refractivity contribution in [1.82, 2.24) is 5.32 Å². The summed E-state index contributed by atoms with van der Waals surface area (Å²) >= 11 is 0. The Bertz CT molecular complexity index is 527. The molecule has 1 aromatic carbocycles. The van der Waals surface area contributed by atoms with Gasteiger partial charge in [-0.15, -0.1) is 6.42 Å². The number of hydrogen-bond acceptors (Lipinski definition) is 1. The molecule has 1 nitrogen and oxygen atoms in total. The minimum absolute atomic E-state index is 0. The lowest BCUT2D eigenvalue weighted by molar-refractivity contribution is 0.190. The van der Waals surface area contributed by atoms with Crippen LogP contribution in [-0.2, 0) is 5.41 Å². The minimum Gasteiger partial charge on any atom is -0.305 e. The lowest BCUT2D eigenvalue weighted by atomic mass is 9.64. The molecule has 3 atom stereocenters. The van der Waals surface area contributed by atoms with Crippen molar-refractivity contribution in [3.8, 4) is 12.3 Å². The highest BCUT2D eigenvalue weighted by atomic mass is 15.0. The maximum Gasteiger partial charge on any atom is 0.0690 e. The Labute approximate surface area is 124 Å². The van der Waals surface area contributed by atoms with Gasteiger partial charge in [-0.2, -0.15) is 0 Å². The van der Waals surface area contributed by atoms with Crippen LogP contribution in [-0.4, -0.2) is 6.04 Å². The van der Waals surface area contributed by atoms with Gasteiger partial charge < -0.3 is 5.32 Å². The highest BCUT2D eigenvalue weighted by molar-refractivity contribution is 5.46. The van der Waals surface area contributed by atoms with E-state index in [1.165, 1.54) is 43.2 Å². The van der Waals surface area contributed by atoms with Gasteiger partial charge in [-0.05, 0) is 43.7 Å². The standard InChI is InChI=1S/C19H25N.H2/c1-4-19(3)17-13-9-8-12-16(17)14(2)20-18(19)15-10-6-5-7-11-15;/h1,8-9,12-15,18,20H,5-7,10-11H2,2-3H3;1H/t14-,18-,19?;/m1./s1. The topological polar surface area (TPSA) is 12.0 Å². The molecule has 1 N–H and O–H groups in total. The molecule has 2 aliphatic rings. The first-order chi connectivity index (χ1) is 9.66. The van der Waals surface area contributed by atoms with Crippen LogP contribution in [0.25, 0.3) is 0 Å². The number of benzene rings is 1. The predicted molar refractivity (Wildman–Crippen MR) is 86.7 cm³/mol. The first kappa shape index (κ1) is 13.7. The molecule has 1 fully saturated rings. The fourth-order valence-electron chi connectivity index (χ4n) is 4.28. The summed E-state index contributed by atoms with van der Waals surface area (Å²) in [4.78, 5) is 0. The highest BCUT2D eigenvalue weighted by Gasteiger charge is 2.44. The van der Waals surface area contributed by atoms with Crippen LogP contribution < -0.4 is 5.32 Å². The Morgan fingerprint density at radius 2 is 1.95 bits per heavy atom. The van der Waals surface area contributed by atoms with Crippen molar-refractivity contribution in [2.75, 3.05) is 0 Å². The van der Waals surface area contributed by atoms with Crippen LogP contribution in [0.5, 0.6) is 0 Å². The van der Waals surface area contributed by atoms with Gasteiger partial charge in [0.2, 0.25) is 0 Å². The van der Waals surface area contributed by atoms with Gasteiger partial charge in [-0.25, -0.2) is 0 Å². The van der Waals surface area contributed by atoms with E-state index in [9.17, 15) is 0 Å².